The molecule has 0 aliphatic carbocycles. The number of nitrogens with zero attached hydrogens (tertiary/aromatic N) is 3. The molecule has 6 nitrogen and oxygen atoms in total. The summed E-state index contributed by atoms with van der Waals surface area (Å²) in [6.07, 6.45) is 5.01. The van der Waals surface area contributed by atoms with Crippen LogP contribution < -0.4 is 10.2 Å². The summed E-state index contributed by atoms with van der Waals surface area (Å²) in [5.74, 6) is 0.719. The van der Waals surface area contributed by atoms with Gasteiger partial charge < -0.3 is 14.6 Å². The lowest BCUT2D eigenvalue weighted by Crippen LogP contribution is -2.43. The summed E-state index contributed by atoms with van der Waals surface area (Å²) < 4.78 is 5.21. The van der Waals surface area contributed by atoms with Gasteiger partial charge in [-0.15, -0.1) is 0 Å². The number of nitriles is 1. The van der Waals surface area contributed by atoms with Gasteiger partial charge in [-0.2, -0.15) is 5.26 Å². The molecule has 0 unspecified atom stereocenters. The van der Waals surface area contributed by atoms with Crippen LogP contribution >= 0.6 is 0 Å². The van der Waals surface area contributed by atoms with Crippen LogP contribution in [0.2, 0.25) is 0 Å². The number of anilines is 1. The lowest BCUT2D eigenvalue weighted by Gasteiger charge is -2.25. The Morgan fingerprint density at radius 3 is 3.09 bits per heavy atom. The van der Waals surface area contributed by atoms with Gasteiger partial charge in [-0.1, -0.05) is 0 Å². The van der Waals surface area contributed by atoms with Gasteiger partial charge >= 0.3 is 0 Å². The molecular weight excluding hydrogens is 280 g/mol. The third-order valence-electron chi connectivity index (χ3n) is 3.77. The standard InChI is InChI=1S/C16H16N4O2/c17-9-12-5-6-13(10-18-12)20-7-1-4-15(20)16(21)19-11-14-3-2-8-22-14/h2-3,5-6,8,10,15H,1,4,7,11H2,(H,19,21)/t15-/m0/s1. The lowest BCUT2D eigenvalue weighted by molar-refractivity contribution is -0.122. The van der Waals surface area contributed by atoms with E-state index in [1.54, 1.807) is 24.6 Å². The van der Waals surface area contributed by atoms with Crippen LogP contribution in [0.15, 0.2) is 41.1 Å². The zero-order valence-electron chi connectivity index (χ0n) is 12.0. The van der Waals surface area contributed by atoms with Crippen LogP contribution in [-0.2, 0) is 11.3 Å². The first-order chi connectivity index (χ1) is 10.8. The fraction of sp³-hybridized carbons (Fsp3) is 0.312. The van der Waals surface area contributed by atoms with Crippen molar-refractivity contribution in [1.82, 2.24) is 10.3 Å². The number of carbonyl (C=O) groups is 1. The number of amides is 1. The molecule has 22 heavy (non-hydrogen) atoms. The Bertz CT molecular complexity index is 673. The van der Waals surface area contributed by atoms with Gasteiger partial charge in [0.1, 0.15) is 23.6 Å². The molecule has 1 N–H and O–H groups in total. The van der Waals surface area contributed by atoms with E-state index >= 15 is 0 Å². The Kier molecular flexibility index (Phi) is 4.05. The molecule has 0 spiro atoms. The number of carbonyl (C=O) groups excluding carboxylic acids is 1. The van der Waals surface area contributed by atoms with Crippen molar-refractivity contribution in [2.24, 2.45) is 0 Å². The Morgan fingerprint density at radius 2 is 2.41 bits per heavy atom. The molecule has 1 saturated heterocycles. The highest BCUT2D eigenvalue weighted by Gasteiger charge is 2.30. The summed E-state index contributed by atoms with van der Waals surface area (Å²) in [5, 5.41) is 11.7. The Hall–Kier alpha value is -2.81. The predicted octanol–water partition coefficient (Wildman–Crippen LogP) is 1.83. The molecule has 1 atom stereocenters. The monoisotopic (exact) mass is 296 g/mol. The fourth-order valence-electron chi connectivity index (χ4n) is 2.68. The van der Waals surface area contributed by atoms with Gasteiger partial charge in [-0.25, -0.2) is 4.98 Å². The summed E-state index contributed by atoms with van der Waals surface area (Å²) in [6, 6.07) is 8.93. The summed E-state index contributed by atoms with van der Waals surface area (Å²) >= 11 is 0. The minimum atomic E-state index is -0.204. The van der Waals surface area contributed by atoms with Gasteiger partial charge in [0, 0.05) is 6.54 Å². The van der Waals surface area contributed by atoms with Crippen LogP contribution in [0.1, 0.15) is 24.3 Å². The molecule has 3 heterocycles. The van der Waals surface area contributed by atoms with Gasteiger partial charge in [-0.3, -0.25) is 4.79 Å². The van der Waals surface area contributed by atoms with Crippen molar-refractivity contribution < 1.29 is 9.21 Å². The average molecular weight is 296 g/mol. The molecule has 2 aromatic rings. The maximum absolute atomic E-state index is 12.4. The van der Waals surface area contributed by atoms with E-state index in [1.807, 2.05) is 23.1 Å². The molecule has 2 aromatic heterocycles. The topological polar surface area (TPSA) is 82.2 Å². The molecule has 0 bridgehead atoms. The van der Waals surface area contributed by atoms with E-state index in [0.29, 0.717) is 12.2 Å². The fourth-order valence-corrected chi connectivity index (χ4v) is 2.68. The first-order valence-corrected chi connectivity index (χ1v) is 7.21. The van der Waals surface area contributed by atoms with E-state index < -0.39 is 0 Å². The molecule has 1 aliphatic heterocycles. The number of rotatable bonds is 4. The quantitative estimate of drug-likeness (QED) is 0.930. The SMILES string of the molecule is N#Cc1ccc(N2CCC[C@H]2C(=O)NCc2ccco2)cn1. The number of pyridine rings is 1. The van der Waals surface area contributed by atoms with Gasteiger partial charge in [0.15, 0.2) is 0 Å². The van der Waals surface area contributed by atoms with Crippen LogP contribution in [0.5, 0.6) is 0 Å². The normalized spacial score (nSPS) is 17.2. The zero-order chi connectivity index (χ0) is 15.4. The first-order valence-electron chi connectivity index (χ1n) is 7.21. The van der Waals surface area contributed by atoms with E-state index in [-0.39, 0.29) is 11.9 Å². The van der Waals surface area contributed by atoms with Gasteiger partial charge in [0.25, 0.3) is 0 Å². The molecular formula is C16H16N4O2. The smallest absolute Gasteiger partial charge is 0.243 e. The molecule has 0 radical (unpaired) electrons. The highest BCUT2D eigenvalue weighted by Crippen LogP contribution is 2.25. The van der Waals surface area contributed by atoms with E-state index in [9.17, 15) is 4.79 Å². The van der Waals surface area contributed by atoms with Crippen LogP contribution in [0.3, 0.4) is 0 Å². The number of aromatic nitrogens is 1. The third kappa shape index (κ3) is 2.93. The Morgan fingerprint density at radius 1 is 1.50 bits per heavy atom. The van der Waals surface area contributed by atoms with Gasteiger partial charge in [0.05, 0.1) is 24.7 Å². The van der Waals surface area contributed by atoms with E-state index in [1.165, 1.54) is 0 Å². The summed E-state index contributed by atoms with van der Waals surface area (Å²) in [4.78, 5) is 18.5. The van der Waals surface area contributed by atoms with Crippen molar-refractivity contribution in [1.29, 1.82) is 5.26 Å². The highest BCUT2D eigenvalue weighted by atomic mass is 16.3. The molecule has 6 heteroatoms. The summed E-state index contributed by atoms with van der Waals surface area (Å²) in [5.41, 5.74) is 1.25. The maximum atomic E-state index is 12.4. The van der Waals surface area contributed by atoms with Crippen molar-refractivity contribution in [3.63, 3.8) is 0 Å². The van der Waals surface area contributed by atoms with Gasteiger partial charge in [-0.05, 0) is 37.1 Å². The number of hydrogen-bond acceptors (Lipinski definition) is 5. The molecule has 1 fully saturated rings. The number of hydrogen-bond donors (Lipinski definition) is 1. The molecule has 0 aromatic carbocycles. The molecule has 0 saturated carbocycles. The molecule has 1 amide bonds. The molecule has 1 aliphatic rings. The molecule has 112 valence electrons. The second kappa shape index (κ2) is 6.31. The van der Waals surface area contributed by atoms with Gasteiger partial charge in [0.2, 0.25) is 5.91 Å². The number of furan rings is 1. The largest absolute Gasteiger partial charge is 0.467 e. The Balaban J connectivity index is 1.66. The summed E-state index contributed by atoms with van der Waals surface area (Å²) in [7, 11) is 0. The van der Waals surface area contributed by atoms with Crippen LogP contribution in [0, 0.1) is 11.3 Å². The van der Waals surface area contributed by atoms with E-state index in [2.05, 4.69) is 10.3 Å². The van der Waals surface area contributed by atoms with Crippen molar-refractivity contribution in [2.45, 2.75) is 25.4 Å². The van der Waals surface area contributed by atoms with E-state index in [4.69, 9.17) is 9.68 Å². The second-order valence-electron chi connectivity index (χ2n) is 5.16. The predicted molar refractivity (Wildman–Crippen MR) is 79.9 cm³/mol. The van der Waals surface area contributed by atoms with Crippen molar-refractivity contribution >= 4 is 11.6 Å². The molecule has 3 rings (SSSR count). The number of nitrogens with one attached hydrogen (secondary N) is 1. The van der Waals surface area contributed by atoms with Crippen molar-refractivity contribution in [2.75, 3.05) is 11.4 Å². The average Bonchev–Trinajstić information content (AvgIpc) is 3.24. The van der Waals surface area contributed by atoms with E-state index in [0.717, 1.165) is 30.8 Å². The zero-order valence-corrected chi connectivity index (χ0v) is 12.0. The highest BCUT2D eigenvalue weighted by molar-refractivity contribution is 5.85. The van der Waals surface area contributed by atoms with Crippen LogP contribution in [0.4, 0.5) is 5.69 Å². The Labute approximate surface area is 128 Å². The summed E-state index contributed by atoms with van der Waals surface area (Å²) in [6.45, 7) is 1.20. The van der Waals surface area contributed by atoms with Crippen molar-refractivity contribution in [3.05, 3.63) is 48.2 Å². The second-order valence-corrected chi connectivity index (χ2v) is 5.16. The minimum Gasteiger partial charge on any atom is -0.467 e. The third-order valence-corrected chi connectivity index (χ3v) is 3.77. The van der Waals surface area contributed by atoms with Crippen molar-refractivity contribution in [3.8, 4) is 6.07 Å². The van der Waals surface area contributed by atoms with Crippen LogP contribution in [0.25, 0.3) is 0 Å². The first kappa shape index (κ1) is 14.1. The maximum Gasteiger partial charge on any atom is 0.243 e. The van der Waals surface area contributed by atoms with Crippen LogP contribution in [-0.4, -0.2) is 23.5 Å². The lowest BCUT2D eigenvalue weighted by atomic mass is 10.2. The minimum absolute atomic E-state index is 0.0155.